The van der Waals surface area contributed by atoms with E-state index in [9.17, 15) is 9.90 Å². The van der Waals surface area contributed by atoms with Gasteiger partial charge in [0, 0.05) is 0 Å². The topological polar surface area (TPSA) is 37.3 Å². The van der Waals surface area contributed by atoms with Crippen LogP contribution in [0.1, 0.15) is 42.5 Å². The number of aliphatic hydroxyl groups excluding tert-OH is 1. The van der Waals surface area contributed by atoms with Crippen LogP contribution in [0.15, 0.2) is 17.9 Å². The van der Waals surface area contributed by atoms with Gasteiger partial charge in [-0.25, -0.2) is 0 Å². The average molecular weight is 276 g/mol. The number of hydrogen-bond donors (Lipinski definition) is 1. The van der Waals surface area contributed by atoms with Gasteiger partial charge < -0.3 is 5.11 Å². The van der Waals surface area contributed by atoms with Gasteiger partial charge in [-0.05, 0) is 56.4 Å². The number of aryl methyl sites for hydroxylation is 3. The molecule has 0 saturated carbocycles. The van der Waals surface area contributed by atoms with Gasteiger partial charge in [0.1, 0.15) is 5.76 Å². The molecule has 0 saturated heterocycles. The molecule has 1 aromatic carbocycles. The molecule has 1 unspecified atom stereocenters. The predicted octanol–water partition coefficient (Wildman–Crippen LogP) is 4.32. The minimum Gasteiger partial charge on any atom is -0.510 e. The summed E-state index contributed by atoms with van der Waals surface area (Å²) in [6.45, 7) is 9.99. The molecule has 1 aromatic rings. The van der Waals surface area contributed by atoms with Crippen LogP contribution in [0.4, 0.5) is 0 Å². The molecule has 0 radical (unpaired) electrons. The molecular weight excluding hydrogens is 256 g/mol. The number of aliphatic hydroxyl groups is 1. The van der Waals surface area contributed by atoms with Crippen molar-refractivity contribution in [2.75, 3.05) is 0 Å². The third-order valence-electron chi connectivity index (χ3n) is 4.04. The van der Waals surface area contributed by atoms with E-state index in [4.69, 9.17) is 0 Å². The zero-order valence-corrected chi connectivity index (χ0v) is 12.9. The number of benzene rings is 1. The highest BCUT2D eigenvalue weighted by atomic mass is 32.2. The molecule has 0 fully saturated rings. The Balaban J connectivity index is 2.65. The van der Waals surface area contributed by atoms with E-state index >= 15 is 0 Å². The lowest BCUT2D eigenvalue weighted by atomic mass is 9.92. The Kier molecular flexibility index (Phi) is 3.52. The monoisotopic (exact) mass is 276 g/mol. The Morgan fingerprint density at radius 3 is 2.26 bits per heavy atom. The highest BCUT2D eigenvalue weighted by Crippen LogP contribution is 2.48. The Hall–Kier alpha value is -1.22. The first-order valence-corrected chi connectivity index (χ1v) is 7.37. The summed E-state index contributed by atoms with van der Waals surface area (Å²) in [5.74, 6) is 0.233. The lowest BCUT2D eigenvalue weighted by Crippen LogP contribution is -2.18. The lowest BCUT2D eigenvalue weighted by Gasteiger charge is -2.19. The molecule has 0 bridgehead atoms. The fourth-order valence-electron chi connectivity index (χ4n) is 2.37. The quantitative estimate of drug-likeness (QED) is 0.874. The van der Waals surface area contributed by atoms with Crippen LogP contribution in [-0.2, 0) is 4.79 Å². The van der Waals surface area contributed by atoms with Crippen molar-refractivity contribution in [1.82, 2.24) is 0 Å². The highest BCUT2D eigenvalue weighted by Gasteiger charge is 2.43. The van der Waals surface area contributed by atoms with Crippen molar-refractivity contribution in [3.05, 3.63) is 40.1 Å². The molecule has 3 heteroatoms. The van der Waals surface area contributed by atoms with Crippen molar-refractivity contribution < 1.29 is 9.90 Å². The minimum absolute atomic E-state index is 0.0202. The smallest absolute Gasteiger partial charge is 0.224 e. The summed E-state index contributed by atoms with van der Waals surface area (Å²) in [6.07, 6.45) is 0.739. The zero-order valence-electron chi connectivity index (χ0n) is 12.1. The maximum atomic E-state index is 12.3. The predicted molar refractivity (Wildman–Crippen MR) is 81.5 cm³/mol. The summed E-state index contributed by atoms with van der Waals surface area (Å²) in [5.41, 5.74) is 4.76. The molecule has 102 valence electrons. The first kappa shape index (κ1) is 14.2. The van der Waals surface area contributed by atoms with Crippen LogP contribution in [0.2, 0.25) is 0 Å². The van der Waals surface area contributed by atoms with Gasteiger partial charge in [0.25, 0.3) is 0 Å². The standard InChI is InChI=1S/C16H20O2S/c1-6-16(5)14(17)13(15(18)19-16)12-8-10(3)9(2)7-11(12)4/h7-8,17H,6H2,1-5H3. The van der Waals surface area contributed by atoms with Gasteiger partial charge in [-0.2, -0.15) is 0 Å². The molecule has 1 N–H and O–H groups in total. The van der Waals surface area contributed by atoms with Crippen LogP contribution in [0.3, 0.4) is 0 Å². The lowest BCUT2D eigenvalue weighted by molar-refractivity contribution is -0.106. The van der Waals surface area contributed by atoms with Crippen LogP contribution >= 0.6 is 11.8 Å². The number of rotatable bonds is 2. The van der Waals surface area contributed by atoms with Gasteiger partial charge in [-0.1, -0.05) is 30.8 Å². The van der Waals surface area contributed by atoms with Gasteiger partial charge in [0.05, 0.1) is 10.3 Å². The molecular formula is C16H20O2S. The summed E-state index contributed by atoms with van der Waals surface area (Å²) in [4.78, 5) is 12.3. The summed E-state index contributed by atoms with van der Waals surface area (Å²) in [7, 11) is 0. The van der Waals surface area contributed by atoms with Crippen LogP contribution in [0.5, 0.6) is 0 Å². The van der Waals surface area contributed by atoms with Gasteiger partial charge in [-0.15, -0.1) is 0 Å². The van der Waals surface area contributed by atoms with E-state index in [0.29, 0.717) is 5.57 Å². The second kappa shape index (κ2) is 4.71. The molecule has 0 aliphatic carbocycles. The fourth-order valence-corrected chi connectivity index (χ4v) is 3.43. The molecule has 1 atom stereocenters. The summed E-state index contributed by atoms with van der Waals surface area (Å²) in [6, 6.07) is 4.08. The maximum Gasteiger partial charge on any atom is 0.224 e. The number of hydrogen-bond acceptors (Lipinski definition) is 3. The Morgan fingerprint density at radius 2 is 1.74 bits per heavy atom. The van der Waals surface area contributed by atoms with E-state index in [1.54, 1.807) is 0 Å². The van der Waals surface area contributed by atoms with Crippen LogP contribution in [-0.4, -0.2) is 15.0 Å². The Bertz CT molecular complexity index is 587. The second-order valence-corrected chi connectivity index (χ2v) is 6.92. The molecule has 1 aliphatic rings. The van der Waals surface area contributed by atoms with Gasteiger partial charge in [-0.3, -0.25) is 4.79 Å². The molecule has 1 heterocycles. The Labute approximate surface area is 118 Å². The van der Waals surface area contributed by atoms with Crippen molar-refractivity contribution in [2.24, 2.45) is 0 Å². The summed E-state index contributed by atoms with van der Waals surface area (Å²) >= 11 is 1.23. The molecule has 0 amide bonds. The first-order chi connectivity index (χ1) is 8.80. The molecule has 0 aromatic heterocycles. The van der Waals surface area contributed by atoms with Gasteiger partial charge in [0.15, 0.2) is 0 Å². The van der Waals surface area contributed by atoms with E-state index in [-0.39, 0.29) is 10.9 Å². The number of thioether (sulfide) groups is 1. The van der Waals surface area contributed by atoms with E-state index < -0.39 is 4.75 Å². The van der Waals surface area contributed by atoms with E-state index in [1.165, 1.54) is 17.3 Å². The third kappa shape index (κ3) is 2.20. The number of carbonyl (C=O) groups excluding carboxylic acids is 1. The SMILES string of the molecule is CCC1(C)SC(=O)C(c2cc(C)c(C)cc2C)=C1O. The molecule has 19 heavy (non-hydrogen) atoms. The van der Waals surface area contributed by atoms with Crippen LogP contribution in [0, 0.1) is 20.8 Å². The first-order valence-electron chi connectivity index (χ1n) is 6.55. The molecule has 2 rings (SSSR count). The van der Waals surface area contributed by atoms with E-state index in [0.717, 1.165) is 23.1 Å². The molecule has 2 nitrogen and oxygen atoms in total. The third-order valence-corrected chi connectivity index (χ3v) is 5.37. The zero-order chi connectivity index (χ0) is 14.4. The normalized spacial score (nSPS) is 23.3. The van der Waals surface area contributed by atoms with Crippen LogP contribution < -0.4 is 0 Å². The average Bonchev–Trinajstić information content (AvgIpc) is 2.56. The highest BCUT2D eigenvalue weighted by molar-refractivity contribution is 8.16. The van der Waals surface area contributed by atoms with Crippen molar-refractivity contribution in [1.29, 1.82) is 0 Å². The van der Waals surface area contributed by atoms with Crippen molar-refractivity contribution in [3.8, 4) is 0 Å². The van der Waals surface area contributed by atoms with Gasteiger partial charge in [0.2, 0.25) is 5.12 Å². The van der Waals surface area contributed by atoms with E-state index in [1.807, 2.05) is 33.8 Å². The summed E-state index contributed by atoms with van der Waals surface area (Å²) in [5, 5.41) is 10.4. The largest absolute Gasteiger partial charge is 0.510 e. The molecule has 1 aliphatic heterocycles. The Morgan fingerprint density at radius 1 is 1.16 bits per heavy atom. The second-order valence-electron chi connectivity index (χ2n) is 5.45. The van der Waals surface area contributed by atoms with E-state index in [2.05, 4.69) is 13.0 Å². The van der Waals surface area contributed by atoms with Crippen molar-refractivity contribution >= 4 is 22.5 Å². The fraction of sp³-hybridized carbons (Fsp3) is 0.438. The van der Waals surface area contributed by atoms with Crippen LogP contribution in [0.25, 0.3) is 5.57 Å². The summed E-state index contributed by atoms with van der Waals surface area (Å²) < 4.78 is -0.475. The maximum absolute atomic E-state index is 12.3. The van der Waals surface area contributed by atoms with Crippen molar-refractivity contribution in [2.45, 2.75) is 45.8 Å². The minimum atomic E-state index is -0.475. The number of carbonyl (C=O) groups is 1. The van der Waals surface area contributed by atoms with Crippen molar-refractivity contribution in [3.63, 3.8) is 0 Å². The van der Waals surface area contributed by atoms with Gasteiger partial charge >= 0.3 is 0 Å². The molecule has 0 spiro atoms.